The minimum absolute atomic E-state index is 0.330. The van der Waals surface area contributed by atoms with E-state index in [2.05, 4.69) is 0 Å². The van der Waals surface area contributed by atoms with Gasteiger partial charge in [0, 0.05) is 10.7 Å². The van der Waals surface area contributed by atoms with Crippen molar-refractivity contribution in [3.8, 4) is 0 Å². The Morgan fingerprint density at radius 2 is 1.82 bits per heavy atom. The maximum absolute atomic E-state index is 12.9. The lowest BCUT2D eigenvalue weighted by Gasteiger charge is -2.22. The van der Waals surface area contributed by atoms with Gasteiger partial charge in [-0.15, -0.1) is 0 Å². The van der Waals surface area contributed by atoms with Crippen LogP contribution in [-0.2, 0) is 9.05 Å². The standard InChI is InChI=1S/C6H10ClFO2S/c7-11(9,10)6-4-2-1-3-5(6)8/h5-6H,1-4H2/t5-,6-/m0/s1. The van der Waals surface area contributed by atoms with Crippen LogP contribution in [0.15, 0.2) is 0 Å². The molecule has 2 atom stereocenters. The number of alkyl halides is 1. The summed E-state index contributed by atoms with van der Waals surface area (Å²) in [6.07, 6.45) is 0.969. The van der Waals surface area contributed by atoms with Gasteiger partial charge in [0.1, 0.15) is 11.4 Å². The maximum Gasteiger partial charge on any atom is 0.238 e. The van der Waals surface area contributed by atoms with Gasteiger partial charge in [0.15, 0.2) is 0 Å². The summed E-state index contributed by atoms with van der Waals surface area (Å²) in [4.78, 5) is 0. The van der Waals surface area contributed by atoms with Crippen molar-refractivity contribution in [2.24, 2.45) is 0 Å². The molecule has 1 aliphatic carbocycles. The first-order valence-electron chi connectivity index (χ1n) is 3.59. The van der Waals surface area contributed by atoms with Gasteiger partial charge in [0.05, 0.1) is 0 Å². The first kappa shape index (κ1) is 9.26. The lowest BCUT2D eigenvalue weighted by atomic mass is 9.98. The van der Waals surface area contributed by atoms with Gasteiger partial charge in [-0.1, -0.05) is 12.8 Å². The first-order valence-corrected chi connectivity index (χ1v) is 5.96. The number of halogens is 2. The van der Waals surface area contributed by atoms with Crippen LogP contribution in [0, 0.1) is 0 Å². The van der Waals surface area contributed by atoms with Crippen molar-refractivity contribution < 1.29 is 12.8 Å². The van der Waals surface area contributed by atoms with E-state index in [4.69, 9.17) is 10.7 Å². The fourth-order valence-corrected chi connectivity index (χ4v) is 2.91. The van der Waals surface area contributed by atoms with Gasteiger partial charge in [0.2, 0.25) is 9.05 Å². The smallest absolute Gasteiger partial charge is 0.238 e. The number of rotatable bonds is 1. The largest absolute Gasteiger partial charge is 0.246 e. The van der Waals surface area contributed by atoms with Gasteiger partial charge in [-0.3, -0.25) is 0 Å². The zero-order valence-corrected chi connectivity index (χ0v) is 7.54. The number of hydrogen-bond donors (Lipinski definition) is 0. The molecule has 1 fully saturated rings. The molecule has 0 spiro atoms. The molecular weight excluding hydrogens is 191 g/mol. The predicted molar refractivity (Wildman–Crippen MR) is 41.9 cm³/mol. The predicted octanol–water partition coefficient (Wildman–Crippen LogP) is 1.84. The quantitative estimate of drug-likeness (QED) is 0.606. The summed E-state index contributed by atoms with van der Waals surface area (Å²) in [6.45, 7) is 0. The van der Waals surface area contributed by atoms with Crippen LogP contribution in [0.3, 0.4) is 0 Å². The average Bonchev–Trinajstić information content (AvgIpc) is 1.86. The molecule has 0 N–H and O–H groups in total. The second-order valence-corrected chi connectivity index (χ2v) is 5.66. The second-order valence-electron chi connectivity index (χ2n) is 2.81. The van der Waals surface area contributed by atoms with Crippen molar-refractivity contribution in [1.82, 2.24) is 0 Å². The van der Waals surface area contributed by atoms with Crippen LogP contribution in [-0.4, -0.2) is 19.8 Å². The van der Waals surface area contributed by atoms with Crippen molar-refractivity contribution in [3.05, 3.63) is 0 Å². The van der Waals surface area contributed by atoms with E-state index in [9.17, 15) is 12.8 Å². The highest BCUT2D eigenvalue weighted by atomic mass is 35.7. The van der Waals surface area contributed by atoms with E-state index in [0.29, 0.717) is 12.8 Å². The highest BCUT2D eigenvalue weighted by molar-refractivity contribution is 8.14. The maximum atomic E-state index is 12.9. The monoisotopic (exact) mass is 200 g/mol. The molecule has 5 heteroatoms. The molecule has 0 aromatic carbocycles. The summed E-state index contributed by atoms with van der Waals surface area (Å²) < 4.78 is 34.3. The molecule has 0 heterocycles. The summed E-state index contributed by atoms with van der Waals surface area (Å²) in [7, 11) is 1.36. The van der Waals surface area contributed by atoms with Gasteiger partial charge in [-0.25, -0.2) is 12.8 Å². The Balaban J connectivity index is 2.70. The van der Waals surface area contributed by atoms with Crippen LogP contribution in [0.2, 0.25) is 0 Å². The molecule has 0 aromatic rings. The minimum Gasteiger partial charge on any atom is -0.246 e. The van der Waals surface area contributed by atoms with Gasteiger partial charge >= 0.3 is 0 Å². The summed E-state index contributed by atoms with van der Waals surface area (Å²) in [6, 6.07) is 0. The lowest BCUT2D eigenvalue weighted by molar-refractivity contribution is 0.254. The molecule has 0 bridgehead atoms. The first-order chi connectivity index (χ1) is 5.02. The van der Waals surface area contributed by atoms with Gasteiger partial charge in [-0.2, -0.15) is 0 Å². The lowest BCUT2D eigenvalue weighted by Crippen LogP contribution is -2.31. The third-order valence-electron chi connectivity index (χ3n) is 1.98. The molecule has 0 saturated heterocycles. The third kappa shape index (κ3) is 2.30. The van der Waals surface area contributed by atoms with Crippen molar-refractivity contribution in [1.29, 1.82) is 0 Å². The summed E-state index contributed by atoms with van der Waals surface area (Å²) in [5.41, 5.74) is 0. The zero-order chi connectivity index (χ0) is 8.48. The second kappa shape index (κ2) is 3.27. The summed E-state index contributed by atoms with van der Waals surface area (Å²) in [5.74, 6) is 0. The van der Waals surface area contributed by atoms with Crippen LogP contribution in [0.4, 0.5) is 4.39 Å². The Kier molecular flexibility index (Phi) is 2.75. The molecule has 2 nitrogen and oxygen atoms in total. The molecule has 66 valence electrons. The van der Waals surface area contributed by atoms with Crippen molar-refractivity contribution in [2.45, 2.75) is 37.1 Å². The molecule has 11 heavy (non-hydrogen) atoms. The van der Waals surface area contributed by atoms with Crippen LogP contribution < -0.4 is 0 Å². The molecule has 0 amide bonds. The normalized spacial score (nSPS) is 33.6. The van der Waals surface area contributed by atoms with Gasteiger partial charge < -0.3 is 0 Å². The van der Waals surface area contributed by atoms with Crippen molar-refractivity contribution >= 4 is 19.7 Å². The van der Waals surface area contributed by atoms with Crippen LogP contribution in [0.1, 0.15) is 25.7 Å². The minimum atomic E-state index is -3.68. The van der Waals surface area contributed by atoms with E-state index in [1.807, 2.05) is 0 Å². The Hall–Kier alpha value is 0.170. The van der Waals surface area contributed by atoms with Crippen LogP contribution >= 0.6 is 10.7 Å². The fraction of sp³-hybridized carbons (Fsp3) is 1.00. The zero-order valence-electron chi connectivity index (χ0n) is 5.96. The summed E-state index contributed by atoms with van der Waals surface area (Å²) >= 11 is 0. The van der Waals surface area contributed by atoms with E-state index in [0.717, 1.165) is 12.8 Å². The molecule has 0 unspecified atom stereocenters. The van der Waals surface area contributed by atoms with E-state index in [1.165, 1.54) is 0 Å². The summed E-state index contributed by atoms with van der Waals surface area (Å²) in [5, 5.41) is -0.960. The Morgan fingerprint density at radius 1 is 1.27 bits per heavy atom. The third-order valence-corrected chi connectivity index (χ3v) is 3.92. The highest BCUT2D eigenvalue weighted by Gasteiger charge is 2.34. The van der Waals surface area contributed by atoms with Crippen molar-refractivity contribution in [2.75, 3.05) is 0 Å². The molecule has 0 aromatic heterocycles. The highest BCUT2D eigenvalue weighted by Crippen LogP contribution is 2.28. The molecular formula is C6H10ClFO2S. The molecule has 0 radical (unpaired) electrons. The number of hydrogen-bond acceptors (Lipinski definition) is 2. The Bertz CT molecular complexity index is 227. The van der Waals surface area contributed by atoms with Crippen LogP contribution in [0.25, 0.3) is 0 Å². The average molecular weight is 201 g/mol. The fourth-order valence-electron chi connectivity index (χ4n) is 1.37. The molecule has 1 saturated carbocycles. The van der Waals surface area contributed by atoms with Gasteiger partial charge in [0.25, 0.3) is 0 Å². The topological polar surface area (TPSA) is 34.1 Å². The van der Waals surface area contributed by atoms with Gasteiger partial charge in [-0.05, 0) is 12.8 Å². The Morgan fingerprint density at radius 3 is 2.18 bits per heavy atom. The van der Waals surface area contributed by atoms with Crippen LogP contribution in [0.5, 0.6) is 0 Å². The molecule has 0 aliphatic heterocycles. The van der Waals surface area contributed by atoms with E-state index < -0.39 is 20.5 Å². The van der Waals surface area contributed by atoms with E-state index >= 15 is 0 Å². The molecule has 1 aliphatic rings. The SMILES string of the molecule is O=S(=O)(Cl)[C@H]1CCCC[C@@H]1F. The van der Waals surface area contributed by atoms with E-state index in [1.54, 1.807) is 0 Å². The Labute approximate surface area is 70.2 Å². The molecule has 1 rings (SSSR count). The van der Waals surface area contributed by atoms with Crippen molar-refractivity contribution in [3.63, 3.8) is 0 Å². The van der Waals surface area contributed by atoms with E-state index in [-0.39, 0.29) is 0 Å².